The number of sulfone groups is 1. The molecule has 1 aliphatic heterocycles. The van der Waals surface area contributed by atoms with Crippen LogP contribution in [0.4, 0.5) is 13.2 Å². The number of piperidine rings is 1. The van der Waals surface area contributed by atoms with Gasteiger partial charge in [-0.1, -0.05) is 0 Å². The molecule has 6 nitrogen and oxygen atoms in total. The van der Waals surface area contributed by atoms with E-state index >= 15 is 0 Å². The van der Waals surface area contributed by atoms with Crippen LogP contribution in [0.25, 0.3) is 0 Å². The Morgan fingerprint density at radius 2 is 1.45 bits per heavy atom. The molecule has 0 saturated carbocycles. The summed E-state index contributed by atoms with van der Waals surface area (Å²) in [6.45, 7) is 4.66. The Bertz CT molecular complexity index is 1060. The van der Waals surface area contributed by atoms with E-state index in [0.29, 0.717) is 13.1 Å². The van der Waals surface area contributed by atoms with Crippen molar-refractivity contribution in [3.63, 3.8) is 0 Å². The molecular weight excluding hydrogens is 483 g/mol. The number of carboxylic acids is 1. The van der Waals surface area contributed by atoms with Gasteiger partial charge in [0.2, 0.25) is 0 Å². The van der Waals surface area contributed by atoms with Crippen molar-refractivity contribution in [3.05, 3.63) is 54.1 Å². The number of hydrogen-bond donors (Lipinski definition) is 1. The average molecular weight is 508 g/mol. The first-order valence-electron chi connectivity index (χ1n) is 10.0. The van der Waals surface area contributed by atoms with Gasteiger partial charge in [0.15, 0.2) is 14.6 Å². The normalized spacial score (nSPS) is 16.8. The van der Waals surface area contributed by atoms with Gasteiger partial charge in [0.05, 0.1) is 10.5 Å². The predicted octanol–water partition coefficient (Wildman–Crippen LogP) is 5.02. The minimum atomic E-state index is -4.46. The number of nitrogens with zero attached hydrogens (tertiary/aromatic N) is 1. The second-order valence-electron chi connectivity index (χ2n) is 8.03. The predicted molar refractivity (Wildman–Crippen MR) is 119 cm³/mol. The van der Waals surface area contributed by atoms with Gasteiger partial charge in [-0.05, 0) is 75.2 Å². The van der Waals surface area contributed by atoms with Gasteiger partial charge in [-0.2, -0.15) is 13.2 Å². The summed E-state index contributed by atoms with van der Waals surface area (Å²) in [4.78, 5) is 14.0. The molecule has 0 aliphatic carbocycles. The Balaban J connectivity index is 0.00000385. The second-order valence-corrected chi connectivity index (χ2v) is 10.3. The minimum Gasteiger partial charge on any atom is -0.480 e. The fourth-order valence-corrected chi connectivity index (χ4v) is 5.66. The van der Waals surface area contributed by atoms with Crippen LogP contribution in [0.5, 0.6) is 11.5 Å². The summed E-state index contributed by atoms with van der Waals surface area (Å²) in [6, 6.07) is 9.49. The highest BCUT2D eigenvalue weighted by molar-refractivity contribution is 7.93. The molecule has 33 heavy (non-hydrogen) atoms. The van der Waals surface area contributed by atoms with E-state index in [1.165, 1.54) is 24.3 Å². The number of carboxylic acid groups (broad SMARTS) is 1. The maximum atomic E-state index is 13.3. The first kappa shape index (κ1) is 26.9. The molecule has 182 valence electrons. The molecule has 0 unspecified atom stereocenters. The van der Waals surface area contributed by atoms with Gasteiger partial charge in [-0.25, -0.2) is 8.42 Å². The maximum absolute atomic E-state index is 13.3. The summed E-state index contributed by atoms with van der Waals surface area (Å²) < 4.78 is 68.1. The smallest absolute Gasteiger partial charge is 0.416 e. The van der Waals surface area contributed by atoms with E-state index in [4.69, 9.17) is 4.74 Å². The molecule has 0 radical (unpaired) electrons. The van der Waals surface area contributed by atoms with E-state index < -0.39 is 32.3 Å². The highest BCUT2D eigenvalue weighted by Gasteiger charge is 2.53. The Kier molecular flexibility index (Phi) is 8.09. The largest absolute Gasteiger partial charge is 0.480 e. The second kappa shape index (κ2) is 9.90. The van der Waals surface area contributed by atoms with Gasteiger partial charge in [0.1, 0.15) is 11.5 Å². The van der Waals surface area contributed by atoms with Crippen LogP contribution in [0.3, 0.4) is 0 Å². The molecule has 2 aromatic carbocycles. The van der Waals surface area contributed by atoms with E-state index in [2.05, 4.69) is 0 Å². The summed E-state index contributed by atoms with van der Waals surface area (Å²) >= 11 is 0. The minimum absolute atomic E-state index is 0. The van der Waals surface area contributed by atoms with Crippen LogP contribution in [0.15, 0.2) is 53.4 Å². The molecule has 11 heteroatoms. The molecular formula is C22H25ClF3NO5S. The number of ether oxygens (including phenoxy) is 1. The Hall–Kier alpha value is -2.30. The van der Waals surface area contributed by atoms with Crippen LogP contribution in [-0.4, -0.2) is 48.3 Å². The van der Waals surface area contributed by atoms with Gasteiger partial charge in [0, 0.05) is 19.1 Å². The molecule has 0 aromatic heterocycles. The number of rotatable bonds is 6. The van der Waals surface area contributed by atoms with E-state index in [1.807, 2.05) is 18.7 Å². The molecule has 0 amide bonds. The number of halogens is 4. The quantitative estimate of drug-likeness (QED) is 0.591. The van der Waals surface area contributed by atoms with Crippen molar-refractivity contribution in [3.8, 4) is 11.5 Å². The first-order valence-corrected chi connectivity index (χ1v) is 11.5. The fourth-order valence-electron chi connectivity index (χ4n) is 3.76. The molecule has 1 N–H and O–H groups in total. The van der Waals surface area contributed by atoms with E-state index in [-0.39, 0.29) is 47.7 Å². The van der Waals surface area contributed by atoms with Crippen molar-refractivity contribution < 1.29 is 36.2 Å². The zero-order valence-electron chi connectivity index (χ0n) is 18.0. The lowest BCUT2D eigenvalue weighted by Crippen LogP contribution is -2.55. The van der Waals surface area contributed by atoms with Gasteiger partial charge < -0.3 is 14.7 Å². The summed E-state index contributed by atoms with van der Waals surface area (Å²) in [5.74, 6) is -1.01. The maximum Gasteiger partial charge on any atom is 0.416 e. The topological polar surface area (TPSA) is 83.9 Å². The molecule has 1 saturated heterocycles. The highest BCUT2D eigenvalue weighted by Crippen LogP contribution is 2.37. The van der Waals surface area contributed by atoms with E-state index in [0.717, 1.165) is 24.3 Å². The Labute approximate surface area is 196 Å². The molecule has 1 aliphatic rings. The van der Waals surface area contributed by atoms with Gasteiger partial charge in [-0.3, -0.25) is 4.79 Å². The number of carbonyl (C=O) groups is 1. The summed E-state index contributed by atoms with van der Waals surface area (Å²) in [5.41, 5.74) is -0.811. The number of alkyl halides is 3. The van der Waals surface area contributed by atoms with Gasteiger partial charge in [-0.15, -0.1) is 12.4 Å². The standard InChI is InChI=1S/C22H24F3NO5S.ClH/c1-15(2)26-13-11-21(12-14-26,20(27)28)32(29,30)19-9-7-18(8-10-19)31-17-5-3-16(4-6-17)22(23,24)25;/h3-10,15H,11-14H2,1-2H3,(H,27,28);1H. The Morgan fingerprint density at radius 3 is 1.85 bits per heavy atom. The van der Waals surface area contributed by atoms with Crippen LogP contribution in [-0.2, 0) is 20.8 Å². The van der Waals surface area contributed by atoms with Gasteiger partial charge >= 0.3 is 12.1 Å². The molecule has 1 fully saturated rings. The molecule has 0 spiro atoms. The van der Waals surface area contributed by atoms with Crippen LogP contribution < -0.4 is 4.74 Å². The third kappa shape index (κ3) is 5.44. The van der Waals surface area contributed by atoms with Crippen LogP contribution in [0, 0.1) is 0 Å². The van der Waals surface area contributed by atoms with Crippen molar-refractivity contribution in [2.45, 2.75) is 48.5 Å². The monoisotopic (exact) mass is 507 g/mol. The number of hydrogen-bond acceptors (Lipinski definition) is 5. The molecule has 3 rings (SSSR count). The summed E-state index contributed by atoms with van der Waals surface area (Å²) in [5, 5.41) is 9.84. The molecule has 1 heterocycles. The van der Waals surface area contributed by atoms with Gasteiger partial charge in [0.25, 0.3) is 0 Å². The van der Waals surface area contributed by atoms with Crippen molar-refractivity contribution in [2.75, 3.05) is 13.1 Å². The zero-order chi connectivity index (χ0) is 23.7. The Morgan fingerprint density at radius 1 is 1.00 bits per heavy atom. The zero-order valence-corrected chi connectivity index (χ0v) is 19.6. The van der Waals surface area contributed by atoms with Crippen LogP contribution in [0.2, 0.25) is 0 Å². The summed E-state index contributed by atoms with van der Waals surface area (Å²) in [6.07, 6.45) is -4.50. The molecule has 0 atom stereocenters. The van der Waals surface area contributed by atoms with Crippen LogP contribution in [0.1, 0.15) is 32.3 Å². The lowest BCUT2D eigenvalue weighted by atomic mass is 9.95. The average Bonchev–Trinajstić information content (AvgIpc) is 2.73. The lowest BCUT2D eigenvalue weighted by Gasteiger charge is -2.39. The number of likely N-dealkylation sites (tertiary alicyclic amines) is 1. The first-order chi connectivity index (χ1) is 14.9. The molecule has 0 bridgehead atoms. The molecule has 2 aromatic rings. The van der Waals surface area contributed by atoms with Crippen molar-refractivity contribution in [2.24, 2.45) is 0 Å². The fraction of sp³-hybridized carbons (Fsp3) is 0.409. The highest BCUT2D eigenvalue weighted by atomic mass is 35.5. The van der Waals surface area contributed by atoms with Crippen molar-refractivity contribution in [1.82, 2.24) is 4.90 Å². The third-order valence-electron chi connectivity index (χ3n) is 5.79. The number of aliphatic carboxylic acids is 1. The van der Waals surface area contributed by atoms with Crippen LogP contribution >= 0.6 is 12.4 Å². The van der Waals surface area contributed by atoms with Crippen molar-refractivity contribution >= 4 is 28.2 Å². The SMILES string of the molecule is CC(C)N1CCC(C(=O)O)(S(=O)(=O)c2ccc(Oc3ccc(C(F)(F)F)cc3)cc2)CC1.Cl. The number of benzene rings is 2. The third-order valence-corrected chi connectivity index (χ3v) is 8.30. The van der Waals surface area contributed by atoms with E-state index in [1.54, 1.807) is 0 Å². The lowest BCUT2D eigenvalue weighted by molar-refractivity contribution is -0.141. The summed E-state index contributed by atoms with van der Waals surface area (Å²) in [7, 11) is -4.19. The van der Waals surface area contributed by atoms with E-state index in [9.17, 15) is 31.5 Å². The van der Waals surface area contributed by atoms with Crippen molar-refractivity contribution in [1.29, 1.82) is 0 Å².